The Morgan fingerprint density at radius 2 is 1.86 bits per heavy atom. The molecule has 1 aliphatic rings. The Morgan fingerprint density at radius 1 is 1.10 bits per heavy atom. The maximum absolute atomic E-state index is 15.5. The third kappa shape index (κ3) is 8.42. The molecule has 0 radical (unpaired) electrons. The van der Waals surface area contributed by atoms with Gasteiger partial charge >= 0.3 is 12.1 Å². The van der Waals surface area contributed by atoms with Gasteiger partial charge in [0.1, 0.15) is 18.2 Å². The van der Waals surface area contributed by atoms with Crippen LogP contribution in [0.1, 0.15) is 56.1 Å². The molecule has 1 N–H and O–H groups in total. The van der Waals surface area contributed by atoms with Gasteiger partial charge in [0.25, 0.3) is 0 Å². The molecule has 42 heavy (non-hydrogen) atoms. The van der Waals surface area contributed by atoms with E-state index in [1.807, 2.05) is 24.3 Å². The Labute approximate surface area is 242 Å². The first-order chi connectivity index (χ1) is 20.2. The summed E-state index contributed by atoms with van der Waals surface area (Å²) in [6.45, 7) is 4.01. The summed E-state index contributed by atoms with van der Waals surface area (Å²) in [7, 11) is 0. The molecule has 0 amide bonds. The van der Waals surface area contributed by atoms with Crippen molar-refractivity contribution in [3.63, 3.8) is 0 Å². The highest BCUT2D eigenvalue weighted by Gasteiger charge is 2.43. The fourth-order valence-electron chi connectivity index (χ4n) is 5.22. The molecule has 3 heterocycles. The molecule has 2 atom stereocenters. The van der Waals surface area contributed by atoms with E-state index >= 15 is 4.39 Å². The molecule has 1 aliphatic heterocycles. The van der Waals surface area contributed by atoms with E-state index in [0.717, 1.165) is 29.3 Å². The van der Waals surface area contributed by atoms with Gasteiger partial charge in [-0.15, -0.1) is 0 Å². The molecular formula is C30H37F4N3O5. The van der Waals surface area contributed by atoms with Crippen molar-refractivity contribution in [2.75, 3.05) is 46.2 Å². The summed E-state index contributed by atoms with van der Waals surface area (Å²) >= 11 is 0. The lowest BCUT2D eigenvalue weighted by Gasteiger charge is -2.40. The third-order valence-electron chi connectivity index (χ3n) is 7.08. The highest BCUT2D eigenvalue weighted by Crippen LogP contribution is 2.42. The maximum atomic E-state index is 15.5. The van der Waals surface area contributed by atoms with Gasteiger partial charge in [-0.1, -0.05) is 18.2 Å². The van der Waals surface area contributed by atoms with Gasteiger partial charge in [-0.05, 0) is 51.2 Å². The van der Waals surface area contributed by atoms with Crippen LogP contribution in [0.25, 0.3) is 10.9 Å². The molecule has 0 aliphatic carbocycles. The average Bonchev–Trinajstić information content (AvgIpc) is 3.30. The van der Waals surface area contributed by atoms with E-state index < -0.39 is 36.6 Å². The molecule has 0 saturated carbocycles. The van der Waals surface area contributed by atoms with Crippen molar-refractivity contribution in [2.24, 2.45) is 0 Å². The van der Waals surface area contributed by atoms with Crippen LogP contribution in [0.3, 0.4) is 0 Å². The van der Waals surface area contributed by atoms with Crippen molar-refractivity contribution in [2.45, 2.75) is 57.8 Å². The fraction of sp³-hybridized carbons (Fsp3) is 0.533. The lowest BCUT2D eigenvalue weighted by molar-refractivity contribution is -0.156. The first-order valence-electron chi connectivity index (χ1n) is 14.2. The topological polar surface area (TPSA) is 85.9 Å². The summed E-state index contributed by atoms with van der Waals surface area (Å²) in [5.41, 5.74) is 2.14. The smallest absolute Gasteiger partial charge is 0.401 e. The predicted molar refractivity (Wildman–Crippen MR) is 148 cm³/mol. The minimum absolute atomic E-state index is 0.0747. The van der Waals surface area contributed by atoms with E-state index in [0.29, 0.717) is 51.6 Å². The number of aromatic nitrogens is 2. The van der Waals surface area contributed by atoms with Crippen molar-refractivity contribution >= 4 is 16.9 Å². The number of nitrogens with one attached hydrogen (secondary N) is 1. The first kappa shape index (κ1) is 31.7. The lowest BCUT2D eigenvalue weighted by Crippen LogP contribution is -2.47. The van der Waals surface area contributed by atoms with E-state index in [9.17, 15) is 18.0 Å². The SMILES string of the molecule is CCOC(=O)COCCOCCCCCOc1cnc([C@@H]2c3[nH]c4ccccc4c3C[C@@H](C)N2CC(F)(F)F)c(F)c1. The number of halogens is 4. The minimum atomic E-state index is -4.46. The van der Waals surface area contributed by atoms with E-state index in [4.69, 9.17) is 18.9 Å². The Bertz CT molecular complexity index is 1320. The Morgan fingerprint density at radius 3 is 2.62 bits per heavy atom. The van der Waals surface area contributed by atoms with Crippen LogP contribution in [0.5, 0.6) is 5.75 Å². The van der Waals surface area contributed by atoms with Crippen LogP contribution in [-0.2, 0) is 25.4 Å². The van der Waals surface area contributed by atoms with E-state index in [1.165, 1.54) is 17.2 Å². The van der Waals surface area contributed by atoms with Gasteiger partial charge in [-0.2, -0.15) is 13.2 Å². The number of esters is 1. The number of aromatic amines is 1. The largest absolute Gasteiger partial charge is 0.492 e. The zero-order valence-electron chi connectivity index (χ0n) is 23.8. The van der Waals surface area contributed by atoms with Gasteiger partial charge in [0.05, 0.1) is 50.9 Å². The van der Waals surface area contributed by atoms with Crippen molar-refractivity contribution < 1.29 is 41.3 Å². The number of fused-ring (bicyclic) bond motifs is 3. The molecule has 1 aromatic carbocycles. The van der Waals surface area contributed by atoms with Crippen LogP contribution in [0.15, 0.2) is 36.5 Å². The van der Waals surface area contributed by atoms with Crippen LogP contribution < -0.4 is 4.74 Å². The second-order valence-electron chi connectivity index (χ2n) is 10.2. The molecule has 2 aromatic heterocycles. The summed E-state index contributed by atoms with van der Waals surface area (Å²) in [6, 6.07) is 7.18. The first-order valence-corrected chi connectivity index (χ1v) is 14.2. The molecule has 0 spiro atoms. The number of unbranched alkanes of at least 4 members (excludes halogenated alkanes) is 2. The van der Waals surface area contributed by atoms with Gasteiger partial charge in [-0.25, -0.2) is 9.18 Å². The number of nitrogens with zero attached hydrogens (tertiary/aromatic N) is 2. The van der Waals surface area contributed by atoms with Crippen molar-refractivity contribution in [3.8, 4) is 5.75 Å². The van der Waals surface area contributed by atoms with Gasteiger partial charge in [0, 0.05) is 35.3 Å². The Hall–Kier alpha value is -3.22. The molecule has 8 nitrogen and oxygen atoms in total. The molecule has 230 valence electrons. The second kappa shape index (κ2) is 14.8. The molecular weight excluding hydrogens is 558 g/mol. The lowest BCUT2D eigenvalue weighted by atomic mass is 9.90. The van der Waals surface area contributed by atoms with Gasteiger partial charge in [0.2, 0.25) is 0 Å². The minimum Gasteiger partial charge on any atom is -0.492 e. The predicted octanol–water partition coefficient (Wildman–Crippen LogP) is 5.75. The number of rotatable bonds is 15. The second-order valence-corrected chi connectivity index (χ2v) is 10.2. The maximum Gasteiger partial charge on any atom is 0.401 e. The normalized spacial score (nSPS) is 17.4. The molecule has 0 fully saturated rings. The summed E-state index contributed by atoms with van der Waals surface area (Å²) in [5.74, 6) is -0.908. The Kier molecular flexibility index (Phi) is 11.2. The number of hydrogen-bond acceptors (Lipinski definition) is 7. The number of carbonyl (C=O) groups excluding carboxylic acids is 1. The van der Waals surface area contributed by atoms with Gasteiger partial charge < -0.3 is 23.9 Å². The molecule has 0 bridgehead atoms. The van der Waals surface area contributed by atoms with Gasteiger partial charge in [0.15, 0.2) is 0 Å². The summed E-state index contributed by atoms with van der Waals surface area (Å²) in [4.78, 5) is 20.0. The van der Waals surface area contributed by atoms with Crippen LogP contribution >= 0.6 is 0 Å². The summed E-state index contributed by atoms with van der Waals surface area (Å²) in [5, 5.41) is 0.920. The number of ether oxygens (including phenoxy) is 4. The zero-order valence-corrected chi connectivity index (χ0v) is 23.8. The number of pyridine rings is 1. The van der Waals surface area contributed by atoms with E-state index in [1.54, 1.807) is 13.8 Å². The van der Waals surface area contributed by atoms with E-state index in [2.05, 4.69) is 9.97 Å². The van der Waals surface area contributed by atoms with Crippen molar-refractivity contribution in [1.29, 1.82) is 0 Å². The molecule has 0 unspecified atom stereocenters. The summed E-state index contributed by atoms with van der Waals surface area (Å²) < 4.78 is 77.3. The van der Waals surface area contributed by atoms with Crippen molar-refractivity contribution in [1.82, 2.24) is 14.9 Å². The number of benzene rings is 1. The Balaban J connectivity index is 1.31. The molecule has 12 heteroatoms. The van der Waals surface area contributed by atoms with E-state index in [-0.39, 0.29) is 18.1 Å². The van der Waals surface area contributed by atoms with Crippen LogP contribution in [0.4, 0.5) is 17.6 Å². The number of carbonyl (C=O) groups is 1. The highest BCUT2D eigenvalue weighted by atomic mass is 19.4. The summed E-state index contributed by atoms with van der Waals surface area (Å²) in [6.07, 6.45) is -0.390. The number of para-hydroxylation sites is 1. The molecule has 4 rings (SSSR count). The quantitative estimate of drug-likeness (QED) is 0.136. The number of H-pyrrole nitrogens is 1. The number of alkyl halides is 3. The van der Waals surface area contributed by atoms with Crippen LogP contribution in [0.2, 0.25) is 0 Å². The van der Waals surface area contributed by atoms with Crippen LogP contribution in [-0.4, -0.2) is 79.2 Å². The molecule has 0 saturated heterocycles. The molecule has 3 aromatic rings. The monoisotopic (exact) mass is 595 g/mol. The number of hydrogen-bond donors (Lipinski definition) is 1. The third-order valence-corrected chi connectivity index (χ3v) is 7.08. The standard InChI is InChI=1S/C30H37F4N3O5/c1-3-41-26(38)18-40-14-13-39-11-7-4-8-12-42-21-16-24(31)28(35-17-21)29-27-23(22-9-5-6-10-25(22)36-27)15-20(2)37(29)19-30(32,33)34/h5-6,9-10,16-17,20,29,36H,3-4,7-8,11-15,18-19H2,1-2H3/t20-,29+/m1/s1. The zero-order chi connectivity index (χ0) is 30.1. The fourth-order valence-corrected chi connectivity index (χ4v) is 5.22. The average molecular weight is 596 g/mol. The van der Waals surface area contributed by atoms with Crippen molar-refractivity contribution in [3.05, 3.63) is 59.3 Å². The van der Waals surface area contributed by atoms with Crippen LogP contribution in [0, 0.1) is 5.82 Å². The highest BCUT2D eigenvalue weighted by molar-refractivity contribution is 5.85. The van der Waals surface area contributed by atoms with Gasteiger partial charge in [-0.3, -0.25) is 9.88 Å².